The summed E-state index contributed by atoms with van der Waals surface area (Å²) in [4.78, 5) is 41.7. The molecule has 25 heavy (non-hydrogen) atoms. The minimum Gasteiger partial charge on any atom is -0.464 e. The van der Waals surface area contributed by atoms with Crippen LogP contribution in [0.2, 0.25) is 0 Å². The molecule has 2 N–H and O–H groups in total. The first-order valence-corrected chi connectivity index (χ1v) is 8.20. The molecule has 0 saturated heterocycles. The maximum absolute atomic E-state index is 12.7. The molecule has 134 valence electrons. The third-order valence-electron chi connectivity index (χ3n) is 3.33. The smallest absolute Gasteiger partial charge is 0.360 e. The number of anilines is 1. The van der Waals surface area contributed by atoms with E-state index in [0.29, 0.717) is 10.6 Å². The summed E-state index contributed by atoms with van der Waals surface area (Å²) in [5.41, 5.74) is 4.38. The monoisotopic (exact) mass is 365 g/mol. The number of hydrogen-bond acceptors (Lipinski definition) is 8. The first-order chi connectivity index (χ1) is 11.6. The van der Waals surface area contributed by atoms with Gasteiger partial charge in [0.2, 0.25) is 5.75 Å². The summed E-state index contributed by atoms with van der Waals surface area (Å²) >= 11 is 1.27. The number of nitrogen functional groups attached to an aromatic ring is 1. The molecule has 9 heteroatoms. The first kappa shape index (κ1) is 18.7. The Balaban J connectivity index is 2.70. The summed E-state index contributed by atoms with van der Waals surface area (Å²) < 4.78 is 11.0. The van der Waals surface area contributed by atoms with Gasteiger partial charge in [0.25, 0.3) is 5.56 Å². The molecule has 0 radical (unpaired) electrons. The van der Waals surface area contributed by atoms with Crippen LogP contribution in [0.25, 0.3) is 10.7 Å². The SMILES string of the molecule is COC(=O)c1nc(-c2sccc2N)n(C)c(=O)c1OC(=O)C(C)(C)C. The molecular formula is C16H19N3O5S. The van der Waals surface area contributed by atoms with Gasteiger partial charge in [0.1, 0.15) is 0 Å². The van der Waals surface area contributed by atoms with Crippen molar-refractivity contribution in [2.24, 2.45) is 12.5 Å². The topological polar surface area (TPSA) is 114 Å². The summed E-state index contributed by atoms with van der Waals surface area (Å²) in [5, 5.41) is 1.74. The van der Waals surface area contributed by atoms with E-state index in [1.165, 1.54) is 23.0 Å². The second kappa shape index (κ2) is 6.67. The maximum atomic E-state index is 12.7. The van der Waals surface area contributed by atoms with E-state index in [-0.39, 0.29) is 11.5 Å². The van der Waals surface area contributed by atoms with E-state index in [9.17, 15) is 14.4 Å². The molecule has 0 spiro atoms. The van der Waals surface area contributed by atoms with Crippen molar-refractivity contribution >= 4 is 29.0 Å². The van der Waals surface area contributed by atoms with Crippen LogP contribution in [0.4, 0.5) is 5.69 Å². The number of esters is 2. The third kappa shape index (κ3) is 3.55. The molecule has 8 nitrogen and oxygen atoms in total. The molecule has 0 bridgehead atoms. The average Bonchev–Trinajstić information content (AvgIpc) is 2.96. The summed E-state index contributed by atoms with van der Waals surface area (Å²) in [6.07, 6.45) is 0. The van der Waals surface area contributed by atoms with Crippen molar-refractivity contribution in [3.63, 3.8) is 0 Å². The van der Waals surface area contributed by atoms with E-state index >= 15 is 0 Å². The molecule has 0 aliphatic carbocycles. The second-order valence-electron chi connectivity index (χ2n) is 6.31. The number of carbonyl (C=O) groups is 2. The number of nitrogens with two attached hydrogens (primary N) is 1. The van der Waals surface area contributed by atoms with Gasteiger partial charge in [-0.2, -0.15) is 0 Å². The van der Waals surface area contributed by atoms with Crippen LogP contribution < -0.4 is 16.0 Å². The first-order valence-electron chi connectivity index (χ1n) is 7.33. The average molecular weight is 365 g/mol. The number of rotatable bonds is 3. The van der Waals surface area contributed by atoms with Crippen LogP contribution in [0, 0.1) is 5.41 Å². The fourth-order valence-corrected chi connectivity index (χ4v) is 2.70. The predicted molar refractivity (Wildman–Crippen MR) is 93.6 cm³/mol. The van der Waals surface area contributed by atoms with Crippen LogP contribution in [0.15, 0.2) is 16.2 Å². The molecule has 0 fully saturated rings. The number of methoxy groups -OCH3 is 1. The van der Waals surface area contributed by atoms with Gasteiger partial charge in [-0.3, -0.25) is 14.2 Å². The number of aromatic nitrogens is 2. The van der Waals surface area contributed by atoms with Gasteiger partial charge in [-0.1, -0.05) is 0 Å². The molecule has 2 heterocycles. The highest BCUT2D eigenvalue weighted by Gasteiger charge is 2.30. The van der Waals surface area contributed by atoms with Crippen LogP contribution in [0.1, 0.15) is 31.3 Å². The Labute approximate surface area is 148 Å². The Morgan fingerprint density at radius 2 is 1.96 bits per heavy atom. The van der Waals surface area contributed by atoms with Crippen molar-refractivity contribution in [3.05, 3.63) is 27.5 Å². The summed E-state index contributed by atoms with van der Waals surface area (Å²) in [7, 11) is 2.61. The number of thiophene rings is 1. The lowest BCUT2D eigenvalue weighted by molar-refractivity contribution is -0.143. The van der Waals surface area contributed by atoms with Crippen molar-refractivity contribution in [1.82, 2.24) is 9.55 Å². The highest BCUT2D eigenvalue weighted by molar-refractivity contribution is 7.14. The Bertz CT molecular complexity index is 892. The van der Waals surface area contributed by atoms with Crippen molar-refractivity contribution in [2.75, 3.05) is 12.8 Å². The zero-order chi connectivity index (χ0) is 18.9. The zero-order valence-electron chi connectivity index (χ0n) is 14.6. The largest absolute Gasteiger partial charge is 0.464 e. The highest BCUT2D eigenvalue weighted by atomic mass is 32.1. The fraction of sp³-hybridized carbons (Fsp3) is 0.375. The molecule has 0 aromatic carbocycles. The van der Waals surface area contributed by atoms with Gasteiger partial charge in [-0.25, -0.2) is 9.78 Å². The Kier molecular flexibility index (Phi) is 4.98. The molecule has 2 rings (SSSR count). The van der Waals surface area contributed by atoms with E-state index in [4.69, 9.17) is 10.5 Å². The minimum absolute atomic E-state index is 0.188. The molecule has 2 aromatic rings. The zero-order valence-corrected chi connectivity index (χ0v) is 15.4. The normalized spacial score (nSPS) is 11.2. The van der Waals surface area contributed by atoms with Crippen LogP contribution in [0.3, 0.4) is 0 Å². The summed E-state index contributed by atoms with van der Waals surface area (Å²) in [6.45, 7) is 4.89. The van der Waals surface area contributed by atoms with Crippen molar-refractivity contribution in [2.45, 2.75) is 20.8 Å². The van der Waals surface area contributed by atoms with Gasteiger partial charge < -0.3 is 15.2 Å². The lowest BCUT2D eigenvalue weighted by Crippen LogP contribution is -2.32. The minimum atomic E-state index is -0.884. The van der Waals surface area contributed by atoms with E-state index in [1.54, 1.807) is 32.2 Å². The highest BCUT2D eigenvalue weighted by Crippen LogP contribution is 2.31. The second-order valence-corrected chi connectivity index (χ2v) is 7.23. The Morgan fingerprint density at radius 1 is 1.32 bits per heavy atom. The van der Waals surface area contributed by atoms with Crippen LogP contribution in [0.5, 0.6) is 5.75 Å². The van der Waals surface area contributed by atoms with Gasteiger partial charge in [-0.15, -0.1) is 11.3 Å². The quantitative estimate of drug-likeness (QED) is 0.825. The molecule has 2 aromatic heterocycles. The van der Waals surface area contributed by atoms with E-state index in [0.717, 1.165) is 7.11 Å². The van der Waals surface area contributed by atoms with Crippen molar-refractivity contribution in [3.8, 4) is 16.5 Å². The number of hydrogen-bond donors (Lipinski definition) is 1. The molecule has 0 aliphatic heterocycles. The Morgan fingerprint density at radius 3 is 2.44 bits per heavy atom. The van der Waals surface area contributed by atoms with Gasteiger partial charge in [0, 0.05) is 7.05 Å². The fourth-order valence-electron chi connectivity index (χ4n) is 1.86. The van der Waals surface area contributed by atoms with Crippen LogP contribution in [-0.4, -0.2) is 28.6 Å². The van der Waals surface area contributed by atoms with Crippen molar-refractivity contribution < 1.29 is 19.1 Å². The molecular weight excluding hydrogens is 346 g/mol. The molecule has 0 saturated carbocycles. The third-order valence-corrected chi connectivity index (χ3v) is 4.26. The van der Waals surface area contributed by atoms with Gasteiger partial charge in [0.05, 0.1) is 23.1 Å². The van der Waals surface area contributed by atoms with Gasteiger partial charge in [0.15, 0.2) is 11.5 Å². The molecule has 0 atom stereocenters. The number of nitrogens with zero attached hydrogens (tertiary/aromatic N) is 2. The van der Waals surface area contributed by atoms with E-state index in [2.05, 4.69) is 9.72 Å². The lowest BCUT2D eigenvalue weighted by Gasteiger charge is -2.18. The van der Waals surface area contributed by atoms with Crippen molar-refractivity contribution in [1.29, 1.82) is 0 Å². The molecule has 0 unspecified atom stereocenters. The lowest BCUT2D eigenvalue weighted by atomic mass is 9.97. The predicted octanol–water partition coefficient (Wildman–Crippen LogP) is 1.83. The van der Waals surface area contributed by atoms with Crippen LogP contribution >= 0.6 is 11.3 Å². The Hall–Kier alpha value is -2.68. The molecule has 0 amide bonds. The number of ether oxygens (including phenoxy) is 2. The standard InChI is InChI=1S/C16H19N3O5S/c1-16(2,3)15(22)24-10-9(14(21)23-5)18-12(19(4)13(10)20)11-8(17)6-7-25-11/h6-7H,17H2,1-5H3. The summed E-state index contributed by atoms with van der Waals surface area (Å²) in [5.74, 6) is -1.83. The van der Waals surface area contributed by atoms with Gasteiger partial charge in [-0.05, 0) is 32.2 Å². The number of carbonyl (C=O) groups excluding carboxylic acids is 2. The maximum Gasteiger partial charge on any atom is 0.360 e. The van der Waals surface area contributed by atoms with Gasteiger partial charge >= 0.3 is 11.9 Å². The van der Waals surface area contributed by atoms with Crippen LogP contribution in [-0.2, 0) is 16.6 Å². The van der Waals surface area contributed by atoms with E-state index < -0.39 is 28.7 Å². The van der Waals surface area contributed by atoms with E-state index in [1.807, 2.05) is 0 Å². The summed E-state index contributed by atoms with van der Waals surface area (Å²) in [6, 6.07) is 1.66. The molecule has 0 aliphatic rings.